The molecule has 4 heterocycles. The molecular weight excluding hydrogens is 673 g/mol. The lowest BCUT2D eigenvalue weighted by atomic mass is 10.0. The van der Waals surface area contributed by atoms with E-state index in [-0.39, 0.29) is 0 Å². The van der Waals surface area contributed by atoms with Crippen molar-refractivity contribution in [1.82, 2.24) is 19.1 Å². The Morgan fingerprint density at radius 1 is 0.382 bits per heavy atom. The van der Waals surface area contributed by atoms with Gasteiger partial charge in [0.1, 0.15) is 5.58 Å². The molecule has 0 saturated heterocycles. The van der Waals surface area contributed by atoms with E-state index in [1.165, 1.54) is 49.3 Å². The molecule has 1 aliphatic carbocycles. The number of furan rings is 1. The average Bonchev–Trinajstić information content (AvgIpc) is 3.98. The topological polar surface area (TPSA) is 48.8 Å². The molecule has 254 valence electrons. The summed E-state index contributed by atoms with van der Waals surface area (Å²) in [6.45, 7) is 0. The second kappa shape index (κ2) is 10.6. The second-order valence-corrected chi connectivity index (χ2v) is 14.5. The van der Waals surface area contributed by atoms with Crippen LogP contribution in [0.25, 0.3) is 122 Å². The largest absolute Gasteiger partial charge is 0.437 e. The molecule has 0 radical (unpaired) electrons. The number of benzene rings is 8. The number of fused-ring (bicyclic) bond motifs is 13. The van der Waals surface area contributed by atoms with Gasteiger partial charge in [0.05, 0.1) is 38.8 Å². The zero-order chi connectivity index (χ0) is 35.8. The molecule has 8 aromatic carbocycles. The molecule has 0 amide bonds. The van der Waals surface area contributed by atoms with Crippen LogP contribution in [-0.2, 0) is 0 Å². The third-order valence-electron chi connectivity index (χ3n) is 11.7. The van der Waals surface area contributed by atoms with Crippen molar-refractivity contribution in [2.75, 3.05) is 0 Å². The number of nitrogens with zero attached hydrogens (tertiary/aromatic N) is 4. The summed E-state index contributed by atoms with van der Waals surface area (Å²) in [6.07, 6.45) is 0. The molecule has 13 rings (SSSR count). The van der Waals surface area contributed by atoms with Gasteiger partial charge in [-0.3, -0.25) is 4.57 Å². The van der Waals surface area contributed by atoms with Crippen molar-refractivity contribution < 1.29 is 4.42 Å². The fraction of sp³-hybridized carbons (Fsp3) is 0. The molecular formula is C50H28N4O. The van der Waals surface area contributed by atoms with E-state index in [9.17, 15) is 0 Å². The van der Waals surface area contributed by atoms with Crippen LogP contribution in [0.2, 0.25) is 0 Å². The number of para-hydroxylation sites is 3. The highest BCUT2D eigenvalue weighted by atomic mass is 16.3. The molecule has 0 fully saturated rings. The molecule has 5 heteroatoms. The van der Waals surface area contributed by atoms with Crippen LogP contribution in [-0.4, -0.2) is 19.1 Å². The molecule has 0 aliphatic heterocycles. The van der Waals surface area contributed by atoms with Gasteiger partial charge in [-0.05, 0) is 58.0 Å². The Kier molecular flexibility index (Phi) is 5.57. The van der Waals surface area contributed by atoms with Gasteiger partial charge < -0.3 is 8.98 Å². The Morgan fingerprint density at radius 2 is 1.04 bits per heavy atom. The van der Waals surface area contributed by atoms with Crippen LogP contribution in [0.3, 0.4) is 0 Å². The molecule has 4 aromatic heterocycles. The van der Waals surface area contributed by atoms with Gasteiger partial charge in [-0.2, -0.15) is 4.98 Å². The summed E-state index contributed by atoms with van der Waals surface area (Å²) in [7, 11) is 0. The number of hydrogen-bond donors (Lipinski definition) is 0. The van der Waals surface area contributed by atoms with Crippen molar-refractivity contribution in [3.63, 3.8) is 0 Å². The first-order valence-electron chi connectivity index (χ1n) is 18.7. The molecule has 0 spiro atoms. The first kappa shape index (κ1) is 29.0. The van der Waals surface area contributed by atoms with E-state index < -0.39 is 0 Å². The maximum Gasteiger partial charge on any atom is 0.238 e. The van der Waals surface area contributed by atoms with Crippen LogP contribution in [0, 0.1) is 0 Å². The summed E-state index contributed by atoms with van der Waals surface area (Å²) in [6, 6.07) is 60.6. The van der Waals surface area contributed by atoms with Crippen LogP contribution in [0.5, 0.6) is 0 Å². The van der Waals surface area contributed by atoms with Gasteiger partial charge in [0, 0.05) is 37.9 Å². The predicted octanol–water partition coefficient (Wildman–Crippen LogP) is 13.0. The van der Waals surface area contributed by atoms with E-state index >= 15 is 0 Å². The normalized spacial score (nSPS) is 12.4. The van der Waals surface area contributed by atoms with Crippen LogP contribution in [0.4, 0.5) is 0 Å². The van der Waals surface area contributed by atoms with E-state index in [0.717, 1.165) is 60.6 Å². The summed E-state index contributed by atoms with van der Waals surface area (Å²) in [5, 5.41) is 9.19. The molecule has 0 unspecified atom stereocenters. The third kappa shape index (κ3) is 3.76. The average molecular weight is 701 g/mol. The highest BCUT2D eigenvalue weighted by Crippen LogP contribution is 2.50. The first-order chi connectivity index (χ1) is 27.3. The summed E-state index contributed by atoms with van der Waals surface area (Å²) in [4.78, 5) is 10.6. The van der Waals surface area contributed by atoms with Crippen molar-refractivity contribution in [3.05, 3.63) is 170 Å². The molecule has 55 heavy (non-hydrogen) atoms. The molecule has 0 N–H and O–H groups in total. The van der Waals surface area contributed by atoms with Gasteiger partial charge in [-0.25, -0.2) is 4.98 Å². The van der Waals surface area contributed by atoms with E-state index in [1.54, 1.807) is 0 Å². The predicted molar refractivity (Wildman–Crippen MR) is 225 cm³/mol. The minimum Gasteiger partial charge on any atom is -0.437 e. The minimum atomic E-state index is 0.569. The Balaban J connectivity index is 1.17. The Bertz CT molecular complexity index is 3580. The van der Waals surface area contributed by atoms with Crippen LogP contribution in [0.15, 0.2) is 174 Å². The van der Waals surface area contributed by atoms with Gasteiger partial charge in [0.2, 0.25) is 11.7 Å². The van der Waals surface area contributed by atoms with Gasteiger partial charge in [-0.15, -0.1) is 0 Å². The summed E-state index contributed by atoms with van der Waals surface area (Å²) >= 11 is 0. The molecule has 12 aromatic rings. The van der Waals surface area contributed by atoms with Crippen LogP contribution >= 0.6 is 0 Å². The lowest BCUT2D eigenvalue weighted by Crippen LogP contribution is -2.03. The fourth-order valence-corrected chi connectivity index (χ4v) is 9.48. The Hall–Kier alpha value is -7.50. The van der Waals surface area contributed by atoms with Gasteiger partial charge in [-0.1, -0.05) is 140 Å². The third-order valence-corrected chi connectivity index (χ3v) is 11.7. The number of aromatic nitrogens is 4. The smallest absolute Gasteiger partial charge is 0.238 e. The minimum absolute atomic E-state index is 0.569. The maximum atomic E-state index is 6.48. The number of hydrogen-bond acceptors (Lipinski definition) is 3. The molecule has 0 atom stereocenters. The Morgan fingerprint density at radius 3 is 1.87 bits per heavy atom. The fourth-order valence-electron chi connectivity index (χ4n) is 9.48. The van der Waals surface area contributed by atoms with E-state index in [1.807, 2.05) is 24.3 Å². The standard InChI is InChI=1S/C50H28N4O/c1-2-13-29(14-3-1)47-46-38-19-8-11-24-43(38)55-49(46)52-50(51-47)54-40-23-10-7-18-37(40)45-42(54)28-26-35-32-17-6-9-22-39(32)53(48(35)45)41-27-25-34-31-16-5-4-15-30(31)33-20-12-21-36(41)44(33)34/h1-28H. The van der Waals surface area contributed by atoms with Crippen molar-refractivity contribution in [3.8, 4) is 45.1 Å². The van der Waals surface area contributed by atoms with Crippen molar-refractivity contribution in [2.24, 2.45) is 0 Å². The molecule has 1 aliphatic rings. The lowest BCUT2D eigenvalue weighted by molar-refractivity contribution is 0.651. The quantitative estimate of drug-likeness (QED) is 0.184. The summed E-state index contributed by atoms with van der Waals surface area (Å²) < 4.78 is 11.2. The second-order valence-electron chi connectivity index (χ2n) is 14.5. The van der Waals surface area contributed by atoms with Crippen molar-refractivity contribution >= 4 is 76.5 Å². The zero-order valence-corrected chi connectivity index (χ0v) is 29.4. The molecule has 0 bridgehead atoms. The van der Waals surface area contributed by atoms with Gasteiger partial charge in [0.25, 0.3) is 0 Å². The van der Waals surface area contributed by atoms with E-state index in [2.05, 4.69) is 155 Å². The van der Waals surface area contributed by atoms with Gasteiger partial charge >= 0.3 is 0 Å². The van der Waals surface area contributed by atoms with Crippen LogP contribution in [0.1, 0.15) is 0 Å². The van der Waals surface area contributed by atoms with Crippen molar-refractivity contribution in [1.29, 1.82) is 0 Å². The monoisotopic (exact) mass is 700 g/mol. The molecule has 0 saturated carbocycles. The summed E-state index contributed by atoms with van der Waals surface area (Å²) in [5.74, 6) is 0.571. The zero-order valence-electron chi connectivity index (χ0n) is 29.4. The van der Waals surface area contributed by atoms with Crippen molar-refractivity contribution in [2.45, 2.75) is 0 Å². The van der Waals surface area contributed by atoms with E-state index in [4.69, 9.17) is 14.4 Å². The van der Waals surface area contributed by atoms with Crippen LogP contribution < -0.4 is 0 Å². The molecule has 5 nitrogen and oxygen atoms in total. The first-order valence-corrected chi connectivity index (χ1v) is 18.7. The number of rotatable bonds is 3. The Labute approximate surface area is 313 Å². The van der Waals surface area contributed by atoms with Gasteiger partial charge in [0.15, 0.2) is 0 Å². The lowest BCUT2D eigenvalue weighted by Gasteiger charge is -2.14. The highest BCUT2D eigenvalue weighted by Gasteiger charge is 2.27. The maximum absolute atomic E-state index is 6.48. The van der Waals surface area contributed by atoms with E-state index in [0.29, 0.717) is 11.7 Å². The summed E-state index contributed by atoms with van der Waals surface area (Å²) in [5.41, 5.74) is 14.0. The SMILES string of the molecule is c1ccc(-c2nc(-n3c4ccccc4c4c3ccc3c5ccccc5n(-c5ccc6c7c(cccc57)-c5ccccc5-6)c34)nc3oc4ccccc4c23)cc1. The highest BCUT2D eigenvalue weighted by molar-refractivity contribution is 6.27.